The van der Waals surface area contributed by atoms with Crippen molar-refractivity contribution < 1.29 is 19.1 Å². The van der Waals surface area contributed by atoms with Gasteiger partial charge in [-0.15, -0.1) is 0 Å². The summed E-state index contributed by atoms with van der Waals surface area (Å²) >= 11 is 0. The molecule has 0 aliphatic carbocycles. The van der Waals surface area contributed by atoms with Crippen LogP contribution in [0.2, 0.25) is 0 Å². The molecule has 3 aromatic rings. The van der Waals surface area contributed by atoms with E-state index in [4.69, 9.17) is 9.47 Å². The van der Waals surface area contributed by atoms with Crippen LogP contribution >= 0.6 is 0 Å². The van der Waals surface area contributed by atoms with Gasteiger partial charge in [0.25, 0.3) is 5.91 Å². The lowest BCUT2D eigenvalue weighted by molar-refractivity contribution is 0.0224. The lowest BCUT2D eigenvalue weighted by Gasteiger charge is -2.36. The van der Waals surface area contributed by atoms with E-state index in [-0.39, 0.29) is 5.91 Å². The van der Waals surface area contributed by atoms with E-state index in [2.05, 4.69) is 5.32 Å². The number of amides is 1. The zero-order valence-corrected chi connectivity index (χ0v) is 15.9. The lowest BCUT2D eigenvalue weighted by Crippen LogP contribution is -2.33. The Kier molecular flexibility index (Phi) is 3.91. The molecule has 0 unspecified atom stereocenters. The summed E-state index contributed by atoms with van der Waals surface area (Å²) in [4.78, 5) is 25.3. The Morgan fingerprint density at radius 2 is 1.59 bits per heavy atom. The van der Waals surface area contributed by atoms with Crippen LogP contribution in [-0.4, -0.2) is 18.4 Å². The third-order valence-electron chi connectivity index (χ3n) is 5.41. The van der Waals surface area contributed by atoms with Gasteiger partial charge in [-0.05, 0) is 30.7 Å². The maximum Gasteiger partial charge on any atom is 0.340 e. The molecule has 0 fully saturated rings. The van der Waals surface area contributed by atoms with Crippen molar-refractivity contribution in [1.82, 2.24) is 5.32 Å². The second-order valence-corrected chi connectivity index (χ2v) is 7.18. The van der Waals surface area contributed by atoms with Gasteiger partial charge in [-0.25, -0.2) is 4.79 Å². The largest absolute Gasteiger partial charge is 0.456 e. The van der Waals surface area contributed by atoms with Crippen LogP contribution in [0.25, 0.3) is 0 Å². The van der Waals surface area contributed by atoms with Crippen LogP contribution in [-0.2, 0) is 10.3 Å². The number of hydrogen-bond acceptors (Lipinski definition) is 4. The topological polar surface area (TPSA) is 64.6 Å². The summed E-state index contributed by atoms with van der Waals surface area (Å²) in [6, 6.07) is 20.3. The fourth-order valence-electron chi connectivity index (χ4n) is 4.11. The number of para-hydroxylation sites is 2. The second-order valence-electron chi connectivity index (χ2n) is 7.18. The molecule has 144 valence electrons. The Labute approximate surface area is 168 Å². The van der Waals surface area contributed by atoms with Crippen molar-refractivity contribution in [2.45, 2.75) is 18.9 Å². The minimum Gasteiger partial charge on any atom is -0.456 e. The maximum atomic E-state index is 13.0. The molecule has 0 radical (unpaired) electrons. The van der Waals surface area contributed by atoms with Crippen molar-refractivity contribution in [2.75, 3.05) is 6.54 Å². The van der Waals surface area contributed by atoms with Crippen molar-refractivity contribution in [1.29, 1.82) is 0 Å². The average molecular weight is 385 g/mol. The van der Waals surface area contributed by atoms with Crippen LogP contribution in [0, 0.1) is 0 Å². The van der Waals surface area contributed by atoms with Gasteiger partial charge < -0.3 is 14.8 Å². The quantitative estimate of drug-likeness (QED) is 0.679. The summed E-state index contributed by atoms with van der Waals surface area (Å²) in [6.45, 7) is 2.58. The number of ether oxygens (including phenoxy) is 2. The molecule has 0 atom stereocenters. The summed E-state index contributed by atoms with van der Waals surface area (Å²) in [5, 5.41) is 2.85. The van der Waals surface area contributed by atoms with Crippen LogP contribution in [0.5, 0.6) is 11.5 Å². The van der Waals surface area contributed by atoms with E-state index in [0.29, 0.717) is 29.2 Å². The van der Waals surface area contributed by atoms with Crippen molar-refractivity contribution >= 4 is 11.9 Å². The smallest absolute Gasteiger partial charge is 0.340 e. The van der Waals surface area contributed by atoms with Crippen LogP contribution in [0.1, 0.15) is 50.8 Å². The molecule has 2 heterocycles. The van der Waals surface area contributed by atoms with Gasteiger partial charge in [-0.1, -0.05) is 49.4 Å². The van der Waals surface area contributed by atoms with Crippen molar-refractivity contribution in [3.8, 4) is 11.5 Å². The van der Waals surface area contributed by atoms with Crippen molar-refractivity contribution in [3.05, 3.63) is 94.5 Å². The number of fused-ring (bicyclic) bond motifs is 6. The standard InChI is InChI=1S/C24H19NO4/c1-2-13-25-22(26)15-11-12-17-16(14-15)23(27)29-24(17)18-7-3-5-9-20(18)28-21-10-6-4-8-19(21)24/h3-12,14H,2,13H2,1H3,(H,25,26). The van der Waals surface area contributed by atoms with Crippen LogP contribution in [0.15, 0.2) is 66.7 Å². The molecule has 1 amide bonds. The maximum absolute atomic E-state index is 13.0. The molecule has 2 aliphatic heterocycles. The molecule has 0 bridgehead atoms. The predicted molar refractivity (Wildman–Crippen MR) is 107 cm³/mol. The van der Waals surface area contributed by atoms with Gasteiger partial charge in [0.2, 0.25) is 0 Å². The van der Waals surface area contributed by atoms with Gasteiger partial charge in [0.05, 0.1) is 5.56 Å². The van der Waals surface area contributed by atoms with Gasteiger partial charge >= 0.3 is 5.97 Å². The summed E-state index contributed by atoms with van der Waals surface area (Å²) in [5.41, 5.74) is 2.03. The van der Waals surface area contributed by atoms with E-state index in [1.54, 1.807) is 12.1 Å². The van der Waals surface area contributed by atoms with E-state index >= 15 is 0 Å². The molecule has 29 heavy (non-hydrogen) atoms. The summed E-state index contributed by atoms with van der Waals surface area (Å²) in [6.07, 6.45) is 0.843. The molecule has 3 aromatic carbocycles. The molecule has 5 nitrogen and oxygen atoms in total. The summed E-state index contributed by atoms with van der Waals surface area (Å²) in [7, 11) is 0. The third-order valence-corrected chi connectivity index (χ3v) is 5.41. The van der Waals surface area contributed by atoms with E-state index < -0.39 is 11.6 Å². The second kappa shape index (κ2) is 6.48. The molecule has 1 spiro atoms. The minimum absolute atomic E-state index is 0.198. The van der Waals surface area contributed by atoms with Crippen molar-refractivity contribution in [3.63, 3.8) is 0 Å². The first-order valence-electron chi connectivity index (χ1n) is 9.68. The van der Waals surface area contributed by atoms with Crippen molar-refractivity contribution in [2.24, 2.45) is 0 Å². The lowest BCUT2D eigenvalue weighted by atomic mass is 9.77. The number of benzene rings is 3. The van der Waals surface area contributed by atoms with E-state index in [1.807, 2.05) is 61.5 Å². The van der Waals surface area contributed by atoms with Gasteiger partial charge in [-0.2, -0.15) is 0 Å². The molecule has 5 rings (SSSR count). The Bertz CT molecular complexity index is 1110. The molecule has 2 aliphatic rings. The van der Waals surface area contributed by atoms with Crippen LogP contribution in [0.4, 0.5) is 0 Å². The fourth-order valence-corrected chi connectivity index (χ4v) is 4.11. The molecular weight excluding hydrogens is 366 g/mol. The third kappa shape index (κ3) is 2.47. The highest BCUT2D eigenvalue weighted by Gasteiger charge is 2.53. The Hall–Kier alpha value is -3.60. The fraction of sp³-hybridized carbons (Fsp3) is 0.167. The average Bonchev–Trinajstić information content (AvgIpc) is 3.05. The van der Waals surface area contributed by atoms with E-state index in [9.17, 15) is 9.59 Å². The van der Waals surface area contributed by atoms with Crippen LogP contribution < -0.4 is 10.1 Å². The van der Waals surface area contributed by atoms with Gasteiger partial charge in [-0.3, -0.25) is 4.79 Å². The monoisotopic (exact) mass is 385 g/mol. The molecule has 0 aromatic heterocycles. The SMILES string of the molecule is CCCNC(=O)c1ccc2c(c1)C(=O)OC21c2ccccc2Oc2ccccc21. The number of carbonyl (C=O) groups is 2. The Morgan fingerprint density at radius 1 is 0.931 bits per heavy atom. The number of carbonyl (C=O) groups excluding carboxylic acids is 2. The number of nitrogens with one attached hydrogen (secondary N) is 1. The first-order valence-corrected chi connectivity index (χ1v) is 9.68. The van der Waals surface area contributed by atoms with Gasteiger partial charge in [0.1, 0.15) is 11.5 Å². The zero-order valence-electron chi connectivity index (χ0n) is 15.9. The highest BCUT2D eigenvalue weighted by atomic mass is 16.6. The van der Waals surface area contributed by atoms with Gasteiger partial charge in [0, 0.05) is 28.8 Å². The van der Waals surface area contributed by atoms with E-state index in [0.717, 1.165) is 23.1 Å². The van der Waals surface area contributed by atoms with E-state index in [1.165, 1.54) is 0 Å². The highest BCUT2D eigenvalue weighted by Crippen LogP contribution is 2.55. The normalized spacial score (nSPS) is 15.0. The zero-order chi connectivity index (χ0) is 20.0. The molecule has 1 N–H and O–H groups in total. The Balaban J connectivity index is 1.72. The summed E-state index contributed by atoms with van der Waals surface area (Å²) in [5.74, 6) is 0.654. The van der Waals surface area contributed by atoms with Crippen LogP contribution in [0.3, 0.4) is 0 Å². The highest BCUT2D eigenvalue weighted by molar-refractivity contribution is 6.01. The number of esters is 1. The number of rotatable bonds is 3. The predicted octanol–water partition coefficient (Wildman–Crippen LogP) is 4.39. The first kappa shape index (κ1) is 17.5. The molecule has 0 saturated heterocycles. The molecule has 5 heteroatoms. The Morgan fingerprint density at radius 3 is 2.24 bits per heavy atom. The molecule has 0 saturated carbocycles. The minimum atomic E-state index is -1.09. The number of hydrogen-bond donors (Lipinski definition) is 1. The molecular formula is C24H19NO4. The van der Waals surface area contributed by atoms with Gasteiger partial charge in [0.15, 0.2) is 5.60 Å². The first-order chi connectivity index (χ1) is 14.1. The summed E-state index contributed by atoms with van der Waals surface area (Å²) < 4.78 is 12.1.